The molecule has 2 nitrogen and oxygen atoms in total. The topological polar surface area (TPSA) is 32.3 Å². The molecule has 1 atom stereocenters. The van der Waals surface area contributed by atoms with Gasteiger partial charge in [-0.25, -0.2) is 8.78 Å². The van der Waals surface area contributed by atoms with Crippen molar-refractivity contribution in [1.82, 2.24) is 5.32 Å². The van der Waals surface area contributed by atoms with E-state index in [1.165, 1.54) is 6.07 Å². The zero-order chi connectivity index (χ0) is 13.5. The van der Waals surface area contributed by atoms with Crippen molar-refractivity contribution in [3.05, 3.63) is 35.4 Å². The summed E-state index contributed by atoms with van der Waals surface area (Å²) in [6.07, 6.45) is 0.946. The number of rotatable bonds is 7. The van der Waals surface area contributed by atoms with E-state index in [4.69, 9.17) is 0 Å². The highest BCUT2D eigenvalue weighted by Crippen LogP contribution is 2.20. The minimum Gasteiger partial charge on any atom is -0.387 e. The molecule has 102 valence electrons. The van der Waals surface area contributed by atoms with Gasteiger partial charge in [0.15, 0.2) is 0 Å². The Labute approximate surface area is 107 Å². The van der Waals surface area contributed by atoms with E-state index in [1.54, 1.807) is 0 Å². The number of aliphatic hydroxyl groups excluding tert-OH is 1. The van der Waals surface area contributed by atoms with Crippen LogP contribution in [-0.4, -0.2) is 18.2 Å². The van der Waals surface area contributed by atoms with Crippen LogP contribution in [0.5, 0.6) is 0 Å². The summed E-state index contributed by atoms with van der Waals surface area (Å²) in [6, 6.07) is 3.60. The average molecular weight is 257 g/mol. The first kappa shape index (κ1) is 15.1. The maximum atomic E-state index is 13.4. The maximum Gasteiger partial charge on any atom is 0.131 e. The summed E-state index contributed by atoms with van der Waals surface area (Å²) < 4.78 is 26.8. The van der Waals surface area contributed by atoms with Crippen molar-refractivity contribution in [2.24, 2.45) is 5.92 Å². The van der Waals surface area contributed by atoms with E-state index in [9.17, 15) is 13.9 Å². The number of hydrogen-bond donors (Lipinski definition) is 2. The van der Waals surface area contributed by atoms with Gasteiger partial charge in [-0.05, 0) is 24.6 Å². The fourth-order valence-electron chi connectivity index (χ4n) is 1.93. The molecule has 0 aliphatic heterocycles. The second-order valence-electron chi connectivity index (χ2n) is 4.49. The van der Waals surface area contributed by atoms with E-state index in [1.807, 2.05) is 0 Å². The normalized spacial score (nSPS) is 13.0. The molecule has 0 aliphatic carbocycles. The largest absolute Gasteiger partial charge is 0.387 e. The average Bonchev–Trinajstić information content (AvgIpc) is 2.34. The Morgan fingerprint density at radius 1 is 1.11 bits per heavy atom. The van der Waals surface area contributed by atoms with Crippen LogP contribution in [0.15, 0.2) is 18.2 Å². The van der Waals surface area contributed by atoms with Gasteiger partial charge < -0.3 is 10.4 Å². The Bertz CT molecular complexity index is 347. The molecule has 0 saturated carbocycles. The van der Waals surface area contributed by atoms with Gasteiger partial charge in [-0.15, -0.1) is 0 Å². The quantitative estimate of drug-likeness (QED) is 0.787. The third kappa shape index (κ3) is 4.03. The van der Waals surface area contributed by atoms with E-state index in [0.29, 0.717) is 5.92 Å². The standard InChI is InChI=1S/C14H21F2NO/c1-3-10(4-2)8-17-9-13(18)14-11(15)6-5-7-12(14)16/h5-7,10,13,17-18H,3-4,8-9H2,1-2H3. The Morgan fingerprint density at radius 2 is 1.67 bits per heavy atom. The van der Waals surface area contributed by atoms with Gasteiger partial charge in [-0.2, -0.15) is 0 Å². The van der Waals surface area contributed by atoms with Gasteiger partial charge in [-0.3, -0.25) is 0 Å². The molecule has 2 N–H and O–H groups in total. The smallest absolute Gasteiger partial charge is 0.131 e. The third-order valence-corrected chi connectivity index (χ3v) is 3.26. The molecule has 1 aromatic carbocycles. The lowest BCUT2D eigenvalue weighted by Crippen LogP contribution is -2.27. The molecule has 0 aliphatic rings. The van der Waals surface area contributed by atoms with Gasteiger partial charge in [0.25, 0.3) is 0 Å². The molecule has 4 heteroatoms. The van der Waals surface area contributed by atoms with Crippen LogP contribution >= 0.6 is 0 Å². The number of aliphatic hydroxyl groups is 1. The summed E-state index contributed by atoms with van der Waals surface area (Å²) in [4.78, 5) is 0. The predicted molar refractivity (Wildman–Crippen MR) is 68.3 cm³/mol. The molecule has 0 saturated heterocycles. The molecule has 0 aromatic heterocycles. The van der Waals surface area contributed by atoms with Crippen molar-refractivity contribution in [2.75, 3.05) is 13.1 Å². The molecule has 1 aromatic rings. The van der Waals surface area contributed by atoms with E-state index in [-0.39, 0.29) is 12.1 Å². The molecule has 1 unspecified atom stereocenters. The summed E-state index contributed by atoms with van der Waals surface area (Å²) in [5.74, 6) is -0.874. The van der Waals surface area contributed by atoms with Crippen molar-refractivity contribution in [2.45, 2.75) is 32.8 Å². The fraction of sp³-hybridized carbons (Fsp3) is 0.571. The SMILES string of the molecule is CCC(CC)CNCC(O)c1c(F)cccc1F. The van der Waals surface area contributed by atoms with Gasteiger partial charge in [0.05, 0.1) is 11.7 Å². The second kappa shape index (κ2) is 7.44. The Kier molecular flexibility index (Phi) is 6.22. The lowest BCUT2D eigenvalue weighted by atomic mass is 10.0. The minimum atomic E-state index is -1.15. The zero-order valence-corrected chi connectivity index (χ0v) is 10.9. The first-order valence-electron chi connectivity index (χ1n) is 6.42. The summed E-state index contributed by atoms with van der Waals surface area (Å²) in [5, 5.41) is 12.9. The first-order chi connectivity index (χ1) is 8.60. The van der Waals surface area contributed by atoms with E-state index < -0.39 is 17.7 Å². The molecule has 0 heterocycles. The van der Waals surface area contributed by atoms with Gasteiger partial charge in [0.2, 0.25) is 0 Å². The first-order valence-corrected chi connectivity index (χ1v) is 6.42. The van der Waals surface area contributed by atoms with E-state index >= 15 is 0 Å². The molecular weight excluding hydrogens is 236 g/mol. The summed E-state index contributed by atoms with van der Waals surface area (Å²) in [7, 11) is 0. The number of halogens is 2. The molecule has 0 bridgehead atoms. The van der Waals surface area contributed by atoms with Gasteiger partial charge in [-0.1, -0.05) is 32.8 Å². The van der Waals surface area contributed by atoms with Crippen molar-refractivity contribution >= 4 is 0 Å². The number of benzene rings is 1. The van der Waals surface area contributed by atoms with Crippen LogP contribution < -0.4 is 5.32 Å². The van der Waals surface area contributed by atoms with Gasteiger partial charge in [0.1, 0.15) is 11.6 Å². The summed E-state index contributed by atoms with van der Waals surface area (Å²) >= 11 is 0. The Balaban J connectivity index is 2.53. The zero-order valence-electron chi connectivity index (χ0n) is 10.9. The summed E-state index contributed by atoms with van der Waals surface area (Å²) in [6.45, 7) is 5.11. The molecular formula is C14H21F2NO. The Morgan fingerprint density at radius 3 is 2.17 bits per heavy atom. The minimum absolute atomic E-state index is 0.161. The number of nitrogens with one attached hydrogen (secondary N) is 1. The van der Waals surface area contributed by atoms with E-state index in [2.05, 4.69) is 19.2 Å². The van der Waals surface area contributed by atoms with Crippen molar-refractivity contribution < 1.29 is 13.9 Å². The highest BCUT2D eigenvalue weighted by Gasteiger charge is 2.17. The van der Waals surface area contributed by atoms with Crippen LogP contribution in [0, 0.1) is 17.6 Å². The summed E-state index contributed by atoms with van der Waals surface area (Å²) in [5.41, 5.74) is -0.255. The highest BCUT2D eigenvalue weighted by molar-refractivity contribution is 5.22. The van der Waals surface area contributed by atoms with E-state index in [0.717, 1.165) is 31.5 Å². The number of hydrogen-bond acceptors (Lipinski definition) is 2. The second-order valence-corrected chi connectivity index (χ2v) is 4.49. The molecule has 0 spiro atoms. The van der Waals surface area contributed by atoms with Crippen LogP contribution in [0.25, 0.3) is 0 Å². The predicted octanol–water partition coefficient (Wildman–Crippen LogP) is 3.02. The maximum absolute atomic E-state index is 13.4. The molecule has 0 amide bonds. The van der Waals surface area contributed by atoms with Crippen molar-refractivity contribution in [3.63, 3.8) is 0 Å². The van der Waals surface area contributed by atoms with Crippen LogP contribution in [0.4, 0.5) is 8.78 Å². The van der Waals surface area contributed by atoms with Crippen molar-refractivity contribution in [1.29, 1.82) is 0 Å². The Hall–Kier alpha value is -1.00. The van der Waals surface area contributed by atoms with Gasteiger partial charge >= 0.3 is 0 Å². The molecule has 1 rings (SSSR count). The monoisotopic (exact) mass is 257 g/mol. The molecule has 18 heavy (non-hydrogen) atoms. The molecule has 0 fully saturated rings. The van der Waals surface area contributed by atoms with Crippen molar-refractivity contribution in [3.8, 4) is 0 Å². The van der Waals surface area contributed by atoms with Crippen LogP contribution in [0.2, 0.25) is 0 Å². The third-order valence-electron chi connectivity index (χ3n) is 3.26. The van der Waals surface area contributed by atoms with Crippen LogP contribution in [0.1, 0.15) is 38.4 Å². The lowest BCUT2D eigenvalue weighted by Gasteiger charge is -2.17. The van der Waals surface area contributed by atoms with Crippen LogP contribution in [-0.2, 0) is 0 Å². The fourth-order valence-corrected chi connectivity index (χ4v) is 1.93. The van der Waals surface area contributed by atoms with Gasteiger partial charge in [0, 0.05) is 6.54 Å². The molecule has 0 radical (unpaired) electrons. The lowest BCUT2D eigenvalue weighted by molar-refractivity contribution is 0.163. The van der Waals surface area contributed by atoms with Crippen LogP contribution in [0.3, 0.4) is 0 Å². The highest BCUT2D eigenvalue weighted by atomic mass is 19.1.